The lowest BCUT2D eigenvalue weighted by molar-refractivity contribution is 0.844. The number of hydrogen-bond acceptors (Lipinski definition) is 2. The Morgan fingerprint density at radius 1 is 0.857 bits per heavy atom. The topological polar surface area (TPSA) is 30.7 Å². The molecule has 0 radical (unpaired) electrons. The standard InChI is InChI=1S/C35H29N3.2C2H6/c1-2-5-11-26(10-4-1)32-22-28(23-33(37-32)27-12-6-3-7-13-27)25-16-18-29(19-17-25)38-34-15-9-8-14-30(34)31-20-21-36-24-35(31)38;2*1-2/h1,3-7,9-13,15-16,18-25H,2,8,14,17H2;2*1-2H3. The van der Waals surface area contributed by atoms with E-state index in [9.17, 15) is 0 Å². The Labute approximate surface area is 251 Å². The van der Waals surface area contributed by atoms with E-state index >= 15 is 0 Å². The molecule has 0 bridgehead atoms. The van der Waals surface area contributed by atoms with Gasteiger partial charge in [0.15, 0.2) is 0 Å². The highest BCUT2D eigenvalue weighted by Crippen LogP contribution is 2.37. The first-order valence-corrected chi connectivity index (χ1v) is 15.5. The maximum absolute atomic E-state index is 5.09. The van der Waals surface area contributed by atoms with Crippen LogP contribution in [0.25, 0.3) is 39.5 Å². The van der Waals surface area contributed by atoms with Crippen LogP contribution in [-0.2, 0) is 6.42 Å². The molecule has 3 aliphatic rings. The van der Waals surface area contributed by atoms with Gasteiger partial charge in [-0.2, -0.15) is 0 Å². The average Bonchev–Trinajstić information content (AvgIpc) is 3.20. The largest absolute Gasteiger partial charge is 0.308 e. The van der Waals surface area contributed by atoms with E-state index in [2.05, 4.69) is 119 Å². The quantitative estimate of drug-likeness (QED) is 0.252. The van der Waals surface area contributed by atoms with E-state index in [1.807, 2.05) is 40.1 Å². The first-order valence-electron chi connectivity index (χ1n) is 15.5. The zero-order valence-electron chi connectivity index (χ0n) is 25.3. The Balaban J connectivity index is 0.000000847. The molecule has 0 saturated carbocycles. The lowest BCUT2D eigenvalue weighted by Crippen LogP contribution is -2.06. The lowest BCUT2D eigenvalue weighted by atomic mass is 9.89. The van der Waals surface area contributed by atoms with Gasteiger partial charge >= 0.3 is 0 Å². The number of aromatic nitrogens is 3. The van der Waals surface area contributed by atoms with E-state index in [0.29, 0.717) is 5.92 Å². The molecule has 3 heteroatoms. The highest BCUT2D eigenvalue weighted by atomic mass is 15.0. The van der Waals surface area contributed by atoms with Gasteiger partial charge in [-0.25, -0.2) is 4.98 Å². The summed E-state index contributed by atoms with van der Waals surface area (Å²) >= 11 is 0. The van der Waals surface area contributed by atoms with Gasteiger partial charge in [-0.3, -0.25) is 4.98 Å². The molecule has 0 spiro atoms. The summed E-state index contributed by atoms with van der Waals surface area (Å²) in [6.45, 7) is 8.00. The van der Waals surface area contributed by atoms with E-state index in [-0.39, 0.29) is 0 Å². The van der Waals surface area contributed by atoms with Gasteiger partial charge in [0, 0.05) is 34.5 Å². The Bertz CT molecular complexity index is 1710. The van der Waals surface area contributed by atoms with Crippen LogP contribution in [0.2, 0.25) is 0 Å². The monoisotopic (exact) mass is 551 g/mol. The smallest absolute Gasteiger partial charge is 0.0720 e. The maximum Gasteiger partial charge on any atom is 0.0720 e. The van der Waals surface area contributed by atoms with Gasteiger partial charge < -0.3 is 4.57 Å². The predicted octanol–water partition coefficient (Wildman–Crippen LogP) is 10.6. The van der Waals surface area contributed by atoms with E-state index in [1.54, 1.807) is 0 Å². The molecule has 3 aromatic heterocycles. The Hall–Kier alpha value is -4.50. The number of aryl methyl sites for hydroxylation is 1. The number of pyridine rings is 2. The minimum atomic E-state index is 0.292. The second kappa shape index (κ2) is 13.9. The van der Waals surface area contributed by atoms with Crippen molar-refractivity contribution in [2.45, 2.75) is 59.3 Å². The number of rotatable bonds is 4. The Kier molecular flexibility index (Phi) is 9.61. The Morgan fingerprint density at radius 3 is 2.50 bits per heavy atom. The molecule has 4 aromatic rings. The molecule has 1 atom stereocenters. The zero-order chi connectivity index (χ0) is 29.3. The van der Waals surface area contributed by atoms with Gasteiger partial charge in [-0.15, -0.1) is 0 Å². The molecule has 7 rings (SSSR count). The summed E-state index contributed by atoms with van der Waals surface area (Å²) in [6, 6.07) is 17.2. The summed E-state index contributed by atoms with van der Waals surface area (Å²) in [6.07, 6.45) is 30.5. The number of hydrogen-bond donors (Lipinski definition) is 0. The Morgan fingerprint density at radius 2 is 1.69 bits per heavy atom. The minimum absolute atomic E-state index is 0.292. The van der Waals surface area contributed by atoms with Gasteiger partial charge in [-0.05, 0) is 72.7 Å². The summed E-state index contributed by atoms with van der Waals surface area (Å²) in [4.78, 5) is 9.55. The third kappa shape index (κ3) is 5.92. The van der Waals surface area contributed by atoms with Crippen molar-refractivity contribution in [3.63, 3.8) is 0 Å². The molecule has 42 heavy (non-hydrogen) atoms. The van der Waals surface area contributed by atoms with Crippen LogP contribution in [0, 0.1) is 0 Å². The number of fused-ring (bicyclic) bond motifs is 3. The lowest BCUT2D eigenvalue weighted by Gasteiger charge is -2.21. The molecule has 0 N–H and O–H groups in total. The summed E-state index contributed by atoms with van der Waals surface area (Å²) < 4.78 is 2.39. The summed E-state index contributed by atoms with van der Waals surface area (Å²) in [5.74, 6) is 0.292. The van der Waals surface area contributed by atoms with Gasteiger partial charge in [0.05, 0.1) is 23.1 Å². The van der Waals surface area contributed by atoms with Crippen molar-refractivity contribution in [1.29, 1.82) is 0 Å². The summed E-state index contributed by atoms with van der Waals surface area (Å²) in [7, 11) is 0. The van der Waals surface area contributed by atoms with Gasteiger partial charge in [0.2, 0.25) is 0 Å². The first kappa shape index (κ1) is 29.0. The molecule has 0 amide bonds. The van der Waals surface area contributed by atoms with Crippen LogP contribution < -0.4 is 0 Å². The normalized spacial score (nSPS) is 16.8. The van der Waals surface area contributed by atoms with Crippen LogP contribution in [0.4, 0.5) is 0 Å². The van der Waals surface area contributed by atoms with Gasteiger partial charge in [0.25, 0.3) is 0 Å². The molecular formula is C39H41N3. The van der Waals surface area contributed by atoms with E-state index in [1.165, 1.54) is 33.4 Å². The second-order valence-electron chi connectivity index (χ2n) is 10.1. The van der Waals surface area contributed by atoms with Crippen molar-refractivity contribution >= 4 is 28.2 Å². The van der Waals surface area contributed by atoms with E-state index in [0.717, 1.165) is 48.2 Å². The predicted molar refractivity (Wildman–Crippen MR) is 181 cm³/mol. The molecule has 0 aliphatic heterocycles. The zero-order valence-corrected chi connectivity index (χ0v) is 25.3. The highest BCUT2D eigenvalue weighted by Gasteiger charge is 2.21. The highest BCUT2D eigenvalue weighted by molar-refractivity contribution is 5.92. The SMILES string of the molecule is C1=CCC=CC(c2cc(C3C=CC(n4c5c(c6ccncc64)CCC=C5)=CC3)cc(-c3ccccc3)n2)=C1.CC.CC. The number of nitrogens with zero attached hydrogens (tertiary/aromatic N) is 3. The van der Waals surface area contributed by atoms with Crippen LogP contribution in [-0.4, -0.2) is 14.5 Å². The number of allylic oxidation sites excluding steroid dienone is 11. The number of benzene rings is 1. The van der Waals surface area contributed by atoms with Crippen LogP contribution in [0.3, 0.4) is 0 Å². The molecule has 0 saturated heterocycles. The molecule has 3 nitrogen and oxygen atoms in total. The fraction of sp³-hybridized carbons (Fsp3) is 0.231. The molecule has 3 aliphatic carbocycles. The van der Waals surface area contributed by atoms with Crippen molar-refractivity contribution in [2.75, 3.05) is 0 Å². The van der Waals surface area contributed by atoms with Gasteiger partial charge in [-0.1, -0.05) is 107 Å². The van der Waals surface area contributed by atoms with Crippen LogP contribution in [0.15, 0.2) is 116 Å². The fourth-order valence-corrected chi connectivity index (χ4v) is 5.80. The van der Waals surface area contributed by atoms with E-state index < -0.39 is 0 Å². The van der Waals surface area contributed by atoms with Gasteiger partial charge in [0.1, 0.15) is 0 Å². The van der Waals surface area contributed by atoms with E-state index in [4.69, 9.17) is 4.98 Å². The molecule has 3 heterocycles. The van der Waals surface area contributed by atoms with Crippen molar-refractivity contribution in [3.05, 3.63) is 138 Å². The summed E-state index contributed by atoms with van der Waals surface area (Å²) in [5, 5.41) is 1.32. The molecule has 1 unspecified atom stereocenters. The molecule has 0 fully saturated rings. The molecule has 1 aromatic carbocycles. The van der Waals surface area contributed by atoms with Crippen molar-refractivity contribution in [3.8, 4) is 11.3 Å². The third-order valence-corrected chi connectivity index (χ3v) is 7.71. The van der Waals surface area contributed by atoms with Crippen molar-refractivity contribution < 1.29 is 0 Å². The van der Waals surface area contributed by atoms with Crippen molar-refractivity contribution in [2.24, 2.45) is 0 Å². The van der Waals surface area contributed by atoms with Crippen molar-refractivity contribution in [1.82, 2.24) is 14.5 Å². The average molecular weight is 552 g/mol. The van der Waals surface area contributed by atoms with Crippen LogP contribution >= 0.6 is 0 Å². The maximum atomic E-state index is 5.09. The second-order valence-corrected chi connectivity index (χ2v) is 10.1. The third-order valence-electron chi connectivity index (χ3n) is 7.71. The molecular weight excluding hydrogens is 510 g/mol. The minimum Gasteiger partial charge on any atom is -0.308 e. The first-order chi connectivity index (χ1) is 20.8. The molecule has 212 valence electrons. The van der Waals surface area contributed by atoms with Crippen LogP contribution in [0.5, 0.6) is 0 Å². The summed E-state index contributed by atoms with van der Waals surface area (Å²) in [5.41, 5.74) is 10.8. The van der Waals surface area contributed by atoms with Crippen LogP contribution in [0.1, 0.15) is 75.4 Å². The fourth-order valence-electron chi connectivity index (χ4n) is 5.80.